The summed E-state index contributed by atoms with van der Waals surface area (Å²) < 4.78 is 28.1. The van der Waals surface area contributed by atoms with Gasteiger partial charge in [-0.3, -0.25) is 0 Å². The van der Waals surface area contributed by atoms with E-state index in [1.807, 2.05) is 0 Å². The summed E-state index contributed by atoms with van der Waals surface area (Å²) in [6, 6.07) is 1.49. The number of sulfonamides is 1. The van der Waals surface area contributed by atoms with Crippen molar-refractivity contribution in [1.29, 1.82) is 0 Å². The third kappa shape index (κ3) is 2.96. The van der Waals surface area contributed by atoms with Gasteiger partial charge in [0.25, 0.3) is 0 Å². The molecule has 2 rings (SSSR count). The number of aryl methyl sites for hydroxylation is 1. The lowest BCUT2D eigenvalue weighted by molar-refractivity contribution is 0.213. The van der Waals surface area contributed by atoms with E-state index in [9.17, 15) is 13.5 Å². The van der Waals surface area contributed by atoms with E-state index in [4.69, 9.17) is 0 Å². The summed E-state index contributed by atoms with van der Waals surface area (Å²) in [6.07, 6.45) is 2.65. The van der Waals surface area contributed by atoms with E-state index < -0.39 is 10.0 Å². The fourth-order valence-corrected chi connectivity index (χ4v) is 6.12. The molecule has 0 aliphatic heterocycles. The number of aliphatic hydroxyl groups is 1. The zero-order chi connectivity index (χ0) is 13.3. The van der Waals surface area contributed by atoms with Gasteiger partial charge in [0, 0.05) is 17.5 Å². The molecule has 1 heterocycles. The van der Waals surface area contributed by atoms with E-state index in [1.165, 1.54) is 11.3 Å². The Balaban J connectivity index is 2.19. The normalized spacial score (nSPS) is 24.6. The van der Waals surface area contributed by atoms with E-state index in [0.29, 0.717) is 4.90 Å². The summed E-state index contributed by atoms with van der Waals surface area (Å²) in [5.74, 6) is 0.0437. The molecule has 18 heavy (non-hydrogen) atoms. The highest BCUT2D eigenvalue weighted by molar-refractivity contribution is 9.11. The average molecular weight is 354 g/mol. The molecule has 0 aromatic carbocycles. The number of thiophene rings is 1. The highest BCUT2D eigenvalue weighted by Crippen LogP contribution is 2.31. The number of hydrogen-bond acceptors (Lipinski definition) is 4. The maximum absolute atomic E-state index is 12.3. The van der Waals surface area contributed by atoms with Crippen molar-refractivity contribution in [3.8, 4) is 0 Å². The van der Waals surface area contributed by atoms with Gasteiger partial charge in [0.05, 0.1) is 8.68 Å². The van der Waals surface area contributed by atoms with Gasteiger partial charge in [-0.25, -0.2) is 13.1 Å². The van der Waals surface area contributed by atoms with Crippen molar-refractivity contribution in [3.63, 3.8) is 0 Å². The monoisotopic (exact) mass is 353 g/mol. The smallest absolute Gasteiger partial charge is 0.241 e. The van der Waals surface area contributed by atoms with E-state index in [2.05, 4.69) is 20.7 Å². The Hall–Kier alpha value is 0.0500. The highest BCUT2D eigenvalue weighted by atomic mass is 79.9. The maximum Gasteiger partial charge on any atom is 0.241 e. The number of aliphatic hydroxyl groups excluding tert-OH is 1. The molecule has 2 atom stereocenters. The van der Waals surface area contributed by atoms with Gasteiger partial charge >= 0.3 is 0 Å². The molecule has 1 saturated carbocycles. The lowest BCUT2D eigenvalue weighted by atomic mass is 10.1. The standard InChI is InChI=1S/C11H16BrNO3S2/c1-7-10(5-11(12)17-7)18(15,16)13-9-4-2-3-8(9)6-14/h5,8-9,13-14H,2-4,6H2,1H3. The molecule has 102 valence electrons. The first kappa shape index (κ1) is 14.5. The van der Waals surface area contributed by atoms with Crippen molar-refractivity contribution in [2.24, 2.45) is 5.92 Å². The van der Waals surface area contributed by atoms with Crippen LogP contribution in [0.15, 0.2) is 14.7 Å². The molecule has 0 bridgehead atoms. The van der Waals surface area contributed by atoms with Crippen LogP contribution in [0.2, 0.25) is 0 Å². The van der Waals surface area contributed by atoms with Gasteiger partial charge in [0.15, 0.2) is 0 Å². The Kier molecular flexibility index (Phi) is 4.48. The predicted octanol–water partition coefficient (Wildman–Crippen LogP) is 2.26. The van der Waals surface area contributed by atoms with Gasteiger partial charge in [0.2, 0.25) is 10.0 Å². The third-order valence-corrected chi connectivity index (χ3v) is 6.63. The van der Waals surface area contributed by atoms with Crippen LogP contribution in [0.3, 0.4) is 0 Å². The summed E-state index contributed by atoms with van der Waals surface area (Å²) in [6.45, 7) is 1.83. The fraction of sp³-hybridized carbons (Fsp3) is 0.636. The zero-order valence-electron chi connectivity index (χ0n) is 10.0. The Bertz CT molecular complexity index is 526. The van der Waals surface area contributed by atoms with Crippen molar-refractivity contribution >= 4 is 37.3 Å². The van der Waals surface area contributed by atoms with Crippen LogP contribution >= 0.6 is 27.3 Å². The number of nitrogens with one attached hydrogen (secondary N) is 1. The van der Waals surface area contributed by atoms with Gasteiger partial charge in [-0.15, -0.1) is 11.3 Å². The topological polar surface area (TPSA) is 66.4 Å². The van der Waals surface area contributed by atoms with Crippen molar-refractivity contribution in [3.05, 3.63) is 14.7 Å². The second kappa shape index (κ2) is 5.58. The second-order valence-electron chi connectivity index (χ2n) is 4.57. The molecular formula is C11H16BrNO3S2. The molecular weight excluding hydrogens is 338 g/mol. The molecule has 4 nitrogen and oxygen atoms in total. The van der Waals surface area contributed by atoms with Crippen LogP contribution in [0, 0.1) is 12.8 Å². The van der Waals surface area contributed by atoms with Crippen molar-refractivity contribution in [2.45, 2.75) is 37.1 Å². The van der Waals surface area contributed by atoms with Crippen LogP contribution in [0.5, 0.6) is 0 Å². The number of rotatable bonds is 4. The van der Waals surface area contributed by atoms with Crippen LogP contribution in [0.4, 0.5) is 0 Å². The van der Waals surface area contributed by atoms with E-state index >= 15 is 0 Å². The van der Waals surface area contributed by atoms with Gasteiger partial charge < -0.3 is 5.11 Å². The Labute approximate surface area is 120 Å². The average Bonchev–Trinajstić information content (AvgIpc) is 2.84. The molecule has 0 spiro atoms. The van der Waals surface area contributed by atoms with Crippen molar-refractivity contribution < 1.29 is 13.5 Å². The minimum absolute atomic E-state index is 0.0412. The second-order valence-corrected chi connectivity index (χ2v) is 8.89. The first-order chi connectivity index (χ1) is 8.44. The van der Waals surface area contributed by atoms with E-state index in [0.717, 1.165) is 27.9 Å². The lowest BCUT2D eigenvalue weighted by Gasteiger charge is -2.18. The van der Waals surface area contributed by atoms with Gasteiger partial charge in [-0.05, 0) is 47.7 Å². The molecule has 0 radical (unpaired) electrons. The Morgan fingerprint density at radius 3 is 2.83 bits per heavy atom. The molecule has 2 unspecified atom stereocenters. The quantitative estimate of drug-likeness (QED) is 0.872. The van der Waals surface area contributed by atoms with Crippen LogP contribution in [-0.4, -0.2) is 26.2 Å². The molecule has 1 aromatic rings. The van der Waals surface area contributed by atoms with Crippen LogP contribution in [0.1, 0.15) is 24.1 Å². The highest BCUT2D eigenvalue weighted by Gasteiger charge is 2.31. The van der Waals surface area contributed by atoms with Crippen molar-refractivity contribution in [2.75, 3.05) is 6.61 Å². The zero-order valence-corrected chi connectivity index (χ0v) is 13.2. The van der Waals surface area contributed by atoms with E-state index in [1.54, 1.807) is 13.0 Å². The first-order valence-corrected chi connectivity index (χ1v) is 8.92. The summed E-state index contributed by atoms with van der Waals surface area (Å²) >= 11 is 4.71. The summed E-state index contributed by atoms with van der Waals surface area (Å²) in [5.41, 5.74) is 0. The molecule has 2 N–H and O–H groups in total. The molecule has 1 aliphatic rings. The molecule has 0 amide bonds. The summed E-state index contributed by atoms with van der Waals surface area (Å²) in [4.78, 5) is 1.11. The molecule has 7 heteroatoms. The van der Waals surface area contributed by atoms with Crippen LogP contribution in [0.25, 0.3) is 0 Å². The predicted molar refractivity (Wildman–Crippen MR) is 75.3 cm³/mol. The van der Waals surface area contributed by atoms with Gasteiger partial charge in [0.1, 0.15) is 0 Å². The SMILES string of the molecule is Cc1sc(Br)cc1S(=O)(=O)NC1CCCC1CO. The fourth-order valence-electron chi connectivity index (χ4n) is 2.37. The Morgan fingerprint density at radius 1 is 1.56 bits per heavy atom. The summed E-state index contributed by atoms with van der Waals surface area (Å²) in [7, 11) is -3.48. The largest absolute Gasteiger partial charge is 0.396 e. The van der Waals surface area contributed by atoms with Gasteiger partial charge in [-0.1, -0.05) is 6.42 Å². The van der Waals surface area contributed by atoms with Crippen LogP contribution < -0.4 is 4.72 Å². The summed E-state index contributed by atoms with van der Waals surface area (Å²) in [5, 5.41) is 9.22. The molecule has 1 fully saturated rings. The third-order valence-electron chi connectivity index (χ3n) is 3.33. The number of hydrogen-bond donors (Lipinski definition) is 2. The minimum Gasteiger partial charge on any atom is -0.396 e. The molecule has 0 saturated heterocycles. The van der Waals surface area contributed by atoms with E-state index in [-0.39, 0.29) is 18.6 Å². The molecule has 1 aliphatic carbocycles. The minimum atomic E-state index is -3.48. The van der Waals surface area contributed by atoms with Crippen LogP contribution in [-0.2, 0) is 10.0 Å². The Morgan fingerprint density at radius 2 is 2.28 bits per heavy atom. The number of halogens is 1. The lowest BCUT2D eigenvalue weighted by Crippen LogP contribution is -2.38. The molecule has 1 aromatic heterocycles. The first-order valence-electron chi connectivity index (χ1n) is 5.83. The van der Waals surface area contributed by atoms with Crippen molar-refractivity contribution in [1.82, 2.24) is 4.72 Å². The van der Waals surface area contributed by atoms with Gasteiger partial charge in [-0.2, -0.15) is 0 Å². The maximum atomic E-state index is 12.3.